The van der Waals surface area contributed by atoms with Crippen LogP contribution in [0.15, 0.2) is 12.5 Å². The lowest BCUT2D eigenvalue weighted by molar-refractivity contribution is 0.0617. The van der Waals surface area contributed by atoms with Crippen molar-refractivity contribution in [1.29, 1.82) is 0 Å². The van der Waals surface area contributed by atoms with Gasteiger partial charge in [-0.05, 0) is 45.3 Å². The van der Waals surface area contributed by atoms with Crippen LogP contribution < -0.4 is 0 Å². The molecule has 4 heteroatoms. The van der Waals surface area contributed by atoms with Crippen LogP contribution in [0.3, 0.4) is 0 Å². The van der Waals surface area contributed by atoms with Crippen LogP contribution in [0, 0.1) is 0 Å². The molecule has 2 bridgehead atoms. The van der Waals surface area contributed by atoms with Crippen LogP contribution in [0.2, 0.25) is 0 Å². The number of nitrogens with zero attached hydrogens (tertiary/aromatic N) is 4. The van der Waals surface area contributed by atoms with Gasteiger partial charge in [0.25, 0.3) is 0 Å². The molecule has 4 heterocycles. The molecule has 0 radical (unpaired) electrons. The van der Waals surface area contributed by atoms with Gasteiger partial charge in [-0.15, -0.1) is 0 Å². The molecule has 0 spiro atoms. The Balaban J connectivity index is 1.56. The molecule has 20 heavy (non-hydrogen) atoms. The van der Waals surface area contributed by atoms with Crippen LogP contribution >= 0.6 is 0 Å². The molecular weight excluding hydrogens is 248 g/mol. The average molecular weight is 272 g/mol. The first-order valence-corrected chi connectivity index (χ1v) is 8.15. The minimum Gasteiger partial charge on any atom is -0.303 e. The highest BCUT2D eigenvalue weighted by atomic mass is 15.3. The molecule has 1 aromatic heterocycles. The Morgan fingerprint density at radius 1 is 1.15 bits per heavy atom. The number of hydrogen-bond donors (Lipinski definition) is 0. The number of piperidine rings is 1. The summed E-state index contributed by atoms with van der Waals surface area (Å²) in [5.74, 6) is 0. The van der Waals surface area contributed by atoms with E-state index in [1.165, 1.54) is 56.6 Å². The van der Waals surface area contributed by atoms with E-state index in [0.717, 1.165) is 18.5 Å². The minimum atomic E-state index is 0.600. The second kappa shape index (κ2) is 5.08. The number of hydrogen-bond acceptors (Lipinski definition) is 4. The number of rotatable bonds is 2. The first kappa shape index (κ1) is 12.7. The Hall–Kier alpha value is -1.00. The van der Waals surface area contributed by atoms with E-state index in [1.54, 1.807) is 6.33 Å². The monoisotopic (exact) mass is 272 g/mol. The van der Waals surface area contributed by atoms with Gasteiger partial charge in [-0.2, -0.15) is 0 Å². The van der Waals surface area contributed by atoms with Gasteiger partial charge in [0.2, 0.25) is 0 Å². The summed E-state index contributed by atoms with van der Waals surface area (Å²) in [6.07, 6.45) is 10.3. The summed E-state index contributed by atoms with van der Waals surface area (Å²) in [6, 6.07) is 2.12. The zero-order valence-corrected chi connectivity index (χ0v) is 12.3. The summed E-state index contributed by atoms with van der Waals surface area (Å²) in [7, 11) is 0. The van der Waals surface area contributed by atoms with Gasteiger partial charge in [0.05, 0.1) is 5.69 Å². The summed E-state index contributed by atoms with van der Waals surface area (Å²) in [5, 5.41) is 0. The van der Waals surface area contributed by atoms with Gasteiger partial charge >= 0.3 is 0 Å². The predicted octanol–water partition coefficient (Wildman–Crippen LogP) is 2.02. The molecule has 4 nitrogen and oxygen atoms in total. The Morgan fingerprint density at radius 3 is 2.80 bits per heavy atom. The summed E-state index contributed by atoms with van der Waals surface area (Å²) in [6.45, 7) is 6.03. The van der Waals surface area contributed by atoms with Crippen molar-refractivity contribution in [3.05, 3.63) is 23.8 Å². The fraction of sp³-hybridized carbons (Fsp3) is 0.750. The van der Waals surface area contributed by atoms with Gasteiger partial charge in [0, 0.05) is 36.3 Å². The molecule has 4 rings (SSSR count). The summed E-state index contributed by atoms with van der Waals surface area (Å²) < 4.78 is 0. The van der Waals surface area contributed by atoms with E-state index in [2.05, 4.69) is 32.9 Å². The van der Waals surface area contributed by atoms with E-state index in [9.17, 15) is 0 Å². The zero-order chi connectivity index (χ0) is 13.5. The number of aromatic nitrogens is 2. The zero-order valence-electron chi connectivity index (χ0n) is 12.3. The van der Waals surface area contributed by atoms with Crippen molar-refractivity contribution >= 4 is 0 Å². The molecule has 2 atom stereocenters. The third-order valence-corrected chi connectivity index (χ3v) is 5.60. The molecular formula is C16H24N4. The van der Waals surface area contributed by atoms with Gasteiger partial charge in [0.15, 0.2) is 0 Å². The second-order valence-electron chi connectivity index (χ2n) is 6.49. The van der Waals surface area contributed by atoms with Crippen molar-refractivity contribution in [2.75, 3.05) is 19.6 Å². The highest BCUT2D eigenvalue weighted by molar-refractivity contribution is 5.28. The lowest BCUT2D eigenvalue weighted by Crippen LogP contribution is -2.49. The van der Waals surface area contributed by atoms with E-state index in [0.29, 0.717) is 6.04 Å². The third-order valence-electron chi connectivity index (χ3n) is 5.60. The number of likely N-dealkylation sites (tertiary alicyclic amines) is 1. The van der Waals surface area contributed by atoms with Gasteiger partial charge in [-0.3, -0.25) is 4.90 Å². The van der Waals surface area contributed by atoms with Crippen molar-refractivity contribution in [3.63, 3.8) is 0 Å². The molecule has 0 saturated carbocycles. The maximum atomic E-state index is 4.52. The first-order valence-electron chi connectivity index (χ1n) is 8.15. The van der Waals surface area contributed by atoms with Crippen molar-refractivity contribution in [3.8, 4) is 0 Å². The molecule has 0 amide bonds. The van der Waals surface area contributed by atoms with Crippen LogP contribution in [-0.4, -0.2) is 51.5 Å². The van der Waals surface area contributed by atoms with Crippen molar-refractivity contribution in [2.24, 2.45) is 0 Å². The second-order valence-corrected chi connectivity index (χ2v) is 6.49. The molecule has 2 saturated heterocycles. The Morgan fingerprint density at radius 2 is 2.00 bits per heavy atom. The van der Waals surface area contributed by atoms with E-state index in [-0.39, 0.29) is 0 Å². The van der Waals surface area contributed by atoms with Gasteiger partial charge in [-0.25, -0.2) is 9.97 Å². The normalized spacial score (nSPS) is 31.4. The molecule has 2 unspecified atom stereocenters. The van der Waals surface area contributed by atoms with Crippen LogP contribution in [0.1, 0.15) is 49.9 Å². The highest BCUT2D eigenvalue weighted by Crippen LogP contribution is 2.45. The standard InChI is InChI=1S/C16H24N4/c1-2-19-7-5-12(6-8-19)20-13-3-4-16(20)14-10-17-11-18-15(14)9-13/h10-13,16H,2-9H2,1H3. The first-order chi connectivity index (χ1) is 9.86. The van der Waals surface area contributed by atoms with Crippen LogP contribution in [0.25, 0.3) is 0 Å². The van der Waals surface area contributed by atoms with Gasteiger partial charge in [-0.1, -0.05) is 6.92 Å². The lowest BCUT2D eigenvalue weighted by Gasteiger charge is -2.44. The lowest BCUT2D eigenvalue weighted by atomic mass is 9.93. The molecule has 0 N–H and O–H groups in total. The molecule has 3 aliphatic heterocycles. The topological polar surface area (TPSA) is 32.3 Å². The van der Waals surface area contributed by atoms with Gasteiger partial charge < -0.3 is 4.90 Å². The Kier molecular flexibility index (Phi) is 3.23. The Labute approximate surface area is 121 Å². The average Bonchev–Trinajstić information content (AvgIpc) is 2.82. The fourth-order valence-corrected chi connectivity index (χ4v) is 4.55. The largest absolute Gasteiger partial charge is 0.303 e. The summed E-state index contributed by atoms with van der Waals surface area (Å²) in [4.78, 5) is 14.2. The third kappa shape index (κ3) is 1.97. The molecule has 2 fully saturated rings. The maximum absolute atomic E-state index is 4.52. The van der Waals surface area contributed by atoms with E-state index >= 15 is 0 Å². The van der Waals surface area contributed by atoms with E-state index in [1.807, 2.05) is 0 Å². The minimum absolute atomic E-state index is 0.600. The van der Waals surface area contributed by atoms with Crippen molar-refractivity contribution in [1.82, 2.24) is 19.8 Å². The summed E-state index contributed by atoms with van der Waals surface area (Å²) in [5.41, 5.74) is 2.73. The van der Waals surface area contributed by atoms with Crippen LogP contribution in [0.5, 0.6) is 0 Å². The summed E-state index contributed by atoms with van der Waals surface area (Å²) >= 11 is 0. The van der Waals surface area contributed by atoms with Crippen molar-refractivity contribution in [2.45, 2.75) is 57.2 Å². The molecule has 0 aromatic carbocycles. The van der Waals surface area contributed by atoms with Crippen LogP contribution in [0.4, 0.5) is 0 Å². The molecule has 1 aromatic rings. The number of fused-ring (bicyclic) bond motifs is 4. The van der Waals surface area contributed by atoms with Gasteiger partial charge in [0.1, 0.15) is 6.33 Å². The molecule has 0 aliphatic carbocycles. The predicted molar refractivity (Wildman–Crippen MR) is 78.5 cm³/mol. The SMILES string of the molecule is CCN1CCC(N2C3CCC2c2cncnc2C3)CC1. The maximum Gasteiger partial charge on any atom is 0.115 e. The smallest absolute Gasteiger partial charge is 0.115 e. The van der Waals surface area contributed by atoms with E-state index < -0.39 is 0 Å². The Bertz CT molecular complexity index is 481. The highest BCUT2D eigenvalue weighted by Gasteiger charge is 2.44. The molecule has 3 aliphatic rings. The van der Waals surface area contributed by atoms with E-state index in [4.69, 9.17) is 0 Å². The molecule has 108 valence electrons. The van der Waals surface area contributed by atoms with Crippen molar-refractivity contribution < 1.29 is 0 Å². The van der Waals surface area contributed by atoms with Crippen LogP contribution in [-0.2, 0) is 6.42 Å². The fourth-order valence-electron chi connectivity index (χ4n) is 4.55. The quantitative estimate of drug-likeness (QED) is 0.824.